The van der Waals surface area contributed by atoms with Crippen molar-refractivity contribution in [3.63, 3.8) is 0 Å². The van der Waals surface area contributed by atoms with Crippen LogP contribution in [0, 0.1) is 0 Å². The molecule has 2 rings (SSSR count). The quantitative estimate of drug-likeness (QED) is 0.907. The second-order valence-electron chi connectivity index (χ2n) is 4.87. The van der Waals surface area contributed by atoms with Gasteiger partial charge in [0.05, 0.1) is 9.94 Å². The molecule has 1 aliphatic heterocycles. The number of halogens is 1. The summed E-state index contributed by atoms with van der Waals surface area (Å²) in [6.07, 6.45) is 4.58. The van der Waals surface area contributed by atoms with Crippen LogP contribution in [0.5, 0.6) is 0 Å². The third-order valence-electron chi connectivity index (χ3n) is 3.62. The molecule has 1 fully saturated rings. The zero-order valence-electron chi connectivity index (χ0n) is 10.5. The van der Waals surface area contributed by atoms with Gasteiger partial charge >= 0.3 is 0 Å². The monoisotopic (exact) mass is 273 g/mol. The first-order chi connectivity index (χ1) is 8.14. The largest absolute Gasteiger partial charge is 0.374 e. The number of hydrogen-bond acceptors (Lipinski definition) is 3. The first-order valence-electron chi connectivity index (χ1n) is 6.19. The van der Waals surface area contributed by atoms with Crippen molar-refractivity contribution in [2.24, 2.45) is 0 Å². The minimum atomic E-state index is -0.0382. The van der Waals surface area contributed by atoms with Gasteiger partial charge in [0.1, 0.15) is 0 Å². The van der Waals surface area contributed by atoms with Crippen LogP contribution in [0.1, 0.15) is 31.1 Å². The van der Waals surface area contributed by atoms with Gasteiger partial charge < -0.3 is 10.1 Å². The molecule has 0 aliphatic carbocycles. The van der Waals surface area contributed by atoms with Crippen LogP contribution in [0.25, 0.3) is 0 Å². The van der Waals surface area contributed by atoms with Crippen molar-refractivity contribution in [1.82, 2.24) is 5.32 Å². The smallest absolute Gasteiger partial charge is 0.0931 e. The minimum Gasteiger partial charge on any atom is -0.374 e. The molecule has 1 N–H and O–H groups in total. The number of ether oxygens (including phenoxy) is 1. The fraction of sp³-hybridized carbons (Fsp3) is 0.692. The van der Waals surface area contributed by atoms with Crippen molar-refractivity contribution in [1.29, 1.82) is 0 Å². The van der Waals surface area contributed by atoms with E-state index in [0.717, 1.165) is 23.8 Å². The predicted molar refractivity (Wildman–Crippen MR) is 74.1 cm³/mol. The van der Waals surface area contributed by atoms with Gasteiger partial charge in [0, 0.05) is 17.5 Å². The van der Waals surface area contributed by atoms with Crippen LogP contribution < -0.4 is 5.32 Å². The highest BCUT2D eigenvalue weighted by molar-refractivity contribution is 7.16. The van der Waals surface area contributed by atoms with Gasteiger partial charge in [0.25, 0.3) is 0 Å². The maximum absolute atomic E-state index is 6.01. The molecule has 1 saturated heterocycles. The molecular weight excluding hydrogens is 254 g/mol. The van der Waals surface area contributed by atoms with Crippen molar-refractivity contribution in [2.45, 2.75) is 44.2 Å². The van der Waals surface area contributed by atoms with Crippen LogP contribution in [0.2, 0.25) is 4.34 Å². The van der Waals surface area contributed by atoms with Crippen LogP contribution >= 0.6 is 22.9 Å². The maximum atomic E-state index is 6.01. The molecule has 0 saturated carbocycles. The Hall–Kier alpha value is -0.0900. The number of nitrogens with one attached hydrogen (secondary N) is 1. The summed E-state index contributed by atoms with van der Waals surface area (Å²) in [7, 11) is 2.02. The van der Waals surface area contributed by atoms with Crippen LogP contribution in [0.3, 0.4) is 0 Å². The van der Waals surface area contributed by atoms with Crippen LogP contribution in [0.15, 0.2) is 12.1 Å². The molecule has 2 nitrogen and oxygen atoms in total. The van der Waals surface area contributed by atoms with Crippen molar-refractivity contribution in [3.8, 4) is 0 Å². The zero-order valence-corrected chi connectivity index (χ0v) is 12.0. The molecule has 0 spiro atoms. The maximum Gasteiger partial charge on any atom is 0.0931 e. The van der Waals surface area contributed by atoms with E-state index in [2.05, 4.69) is 18.3 Å². The van der Waals surface area contributed by atoms with Crippen molar-refractivity contribution >= 4 is 22.9 Å². The Labute approximate surface area is 112 Å². The molecule has 96 valence electrons. The first-order valence-corrected chi connectivity index (χ1v) is 7.39. The van der Waals surface area contributed by atoms with Gasteiger partial charge in [-0.2, -0.15) is 0 Å². The summed E-state index contributed by atoms with van der Waals surface area (Å²) in [6.45, 7) is 3.11. The highest BCUT2D eigenvalue weighted by Crippen LogP contribution is 2.31. The Morgan fingerprint density at radius 2 is 2.35 bits per heavy atom. The van der Waals surface area contributed by atoms with Gasteiger partial charge in [-0.25, -0.2) is 0 Å². The summed E-state index contributed by atoms with van der Waals surface area (Å²) in [5.74, 6) is 0. The van der Waals surface area contributed by atoms with Crippen LogP contribution in [-0.2, 0) is 11.2 Å². The fourth-order valence-corrected chi connectivity index (χ4v) is 3.65. The third-order valence-corrected chi connectivity index (χ3v) is 4.87. The average Bonchev–Trinajstić information content (AvgIpc) is 2.72. The molecule has 0 aromatic carbocycles. The van der Waals surface area contributed by atoms with E-state index in [9.17, 15) is 0 Å². The van der Waals surface area contributed by atoms with Gasteiger partial charge in [0.2, 0.25) is 0 Å². The second-order valence-corrected chi connectivity index (χ2v) is 6.67. The van der Waals surface area contributed by atoms with Gasteiger partial charge in [0.15, 0.2) is 0 Å². The Morgan fingerprint density at radius 1 is 1.53 bits per heavy atom. The van der Waals surface area contributed by atoms with E-state index in [4.69, 9.17) is 16.3 Å². The number of likely N-dealkylation sites (N-methyl/N-ethyl adjacent to an activating group) is 1. The summed E-state index contributed by atoms with van der Waals surface area (Å²) in [4.78, 5) is 1.32. The highest BCUT2D eigenvalue weighted by atomic mass is 35.5. The number of rotatable bonds is 4. The standard InChI is InChI=1S/C13H20ClNOS/c1-13(7-3-4-8-16-13)11(15-2)9-10-5-6-12(14)17-10/h5-6,11,15H,3-4,7-9H2,1-2H3. The Balaban J connectivity index is 2.05. The minimum absolute atomic E-state index is 0.0382. The summed E-state index contributed by atoms with van der Waals surface area (Å²) in [5.41, 5.74) is -0.0382. The van der Waals surface area contributed by atoms with E-state index < -0.39 is 0 Å². The van der Waals surface area contributed by atoms with E-state index in [0.29, 0.717) is 6.04 Å². The van der Waals surface area contributed by atoms with Crippen molar-refractivity contribution in [3.05, 3.63) is 21.3 Å². The van der Waals surface area contributed by atoms with Gasteiger partial charge in [-0.3, -0.25) is 0 Å². The van der Waals surface area contributed by atoms with E-state index in [1.807, 2.05) is 13.1 Å². The summed E-state index contributed by atoms with van der Waals surface area (Å²) in [5, 5.41) is 3.41. The summed E-state index contributed by atoms with van der Waals surface area (Å²) in [6, 6.07) is 4.44. The lowest BCUT2D eigenvalue weighted by molar-refractivity contribution is -0.0869. The molecule has 2 atom stereocenters. The SMILES string of the molecule is CNC(Cc1ccc(Cl)s1)C1(C)CCCCO1. The Kier molecular flexibility index (Phi) is 4.47. The molecule has 4 heteroatoms. The summed E-state index contributed by atoms with van der Waals surface area (Å²) < 4.78 is 6.87. The number of thiophene rings is 1. The van der Waals surface area contributed by atoms with Crippen LogP contribution in [0.4, 0.5) is 0 Å². The molecule has 2 unspecified atom stereocenters. The molecule has 17 heavy (non-hydrogen) atoms. The fourth-order valence-electron chi connectivity index (χ4n) is 2.52. The Bertz CT molecular complexity index is 360. The van der Waals surface area contributed by atoms with Crippen molar-refractivity contribution in [2.75, 3.05) is 13.7 Å². The Morgan fingerprint density at radius 3 is 2.88 bits per heavy atom. The topological polar surface area (TPSA) is 21.3 Å². The second kappa shape index (κ2) is 5.70. The van der Waals surface area contributed by atoms with E-state index in [-0.39, 0.29) is 5.60 Å². The van der Waals surface area contributed by atoms with E-state index in [1.54, 1.807) is 11.3 Å². The molecule has 0 amide bonds. The lowest BCUT2D eigenvalue weighted by Crippen LogP contribution is -2.52. The van der Waals surface area contributed by atoms with Gasteiger partial charge in [-0.05, 0) is 51.8 Å². The molecule has 0 radical (unpaired) electrons. The van der Waals surface area contributed by atoms with Crippen LogP contribution in [-0.4, -0.2) is 25.3 Å². The molecular formula is C13H20ClNOS. The molecule has 1 aromatic rings. The number of hydrogen-bond donors (Lipinski definition) is 1. The third kappa shape index (κ3) is 3.22. The van der Waals surface area contributed by atoms with Crippen molar-refractivity contribution < 1.29 is 4.74 Å². The normalized spacial score (nSPS) is 27.0. The molecule has 1 aliphatic rings. The average molecular weight is 274 g/mol. The molecule has 0 bridgehead atoms. The van der Waals surface area contributed by atoms with Gasteiger partial charge in [-0.15, -0.1) is 11.3 Å². The zero-order chi connectivity index (χ0) is 12.3. The highest BCUT2D eigenvalue weighted by Gasteiger charge is 2.36. The van der Waals surface area contributed by atoms with E-state index in [1.165, 1.54) is 17.7 Å². The lowest BCUT2D eigenvalue weighted by atomic mass is 9.86. The molecule has 2 heterocycles. The summed E-state index contributed by atoms with van der Waals surface area (Å²) >= 11 is 7.64. The lowest BCUT2D eigenvalue weighted by Gasteiger charge is -2.40. The predicted octanol–water partition coefficient (Wildman–Crippen LogP) is 3.49. The van der Waals surface area contributed by atoms with Gasteiger partial charge in [-0.1, -0.05) is 11.6 Å². The first kappa shape index (κ1) is 13.3. The molecule has 1 aromatic heterocycles. The van der Waals surface area contributed by atoms with E-state index >= 15 is 0 Å².